The second-order valence-corrected chi connectivity index (χ2v) is 20.0. The number of aryl methyl sites for hydroxylation is 2. The molecule has 0 nitrogen and oxygen atoms in total. The quantitative estimate of drug-likeness (QED) is 0.171. The predicted octanol–water partition coefficient (Wildman–Crippen LogP) is 8.77. The van der Waals surface area contributed by atoms with Gasteiger partial charge in [0.15, 0.2) is 0 Å². The molecular weight excluding hydrogens is 492 g/mol. The molecule has 1 aliphatic rings. The summed E-state index contributed by atoms with van der Waals surface area (Å²) in [4.78, 5) is 0. The fourth-order valence-electron chi connectivity index (χ4n) is 4.77. The van der Waals surface area contributed by atoms with Crippen LogP contribution in [-0.4, -0.2) is 5.43 Å². The maximum absolute atomic E-state index is 2.43. The van der Waals surface area contributed by atoms with Gasteiger partial charge in [-0.25, -0.2) is 0 Å². The molecule has 0 N–H and O–H groups in total. The maximum atomic E-state index is 2.43. The average molecular weight is 530 g/mol. The van der Waals surface area contributed by atoms with Crippen molar-refractivity contribution in [3.8, 4) is 11.1 Å². The number of fused-ring (bicyclic) bond motifs is 2. The van der Waals surface area contributed by atoms with Crippen LogP contribution in [0.15, 0.2) is 60.7 Å². The first-order chi connectivity index (χ1) is 15.5. The van der Waals surface area contributed by atoms with E-state index in [1.54, 1.807) is 34.5 Å². The smallest absolute Gasteiger partial charge is 0.0632 e. The monoisotopic (exact) mass is 528 g/mol. The van der Waals surface area contributed by atoms with Gasteiger partial charge in [0.25, 0.3) is 0 Å². The molecule has 0 atom stereocenters. The Morgan fingerprint density at radius 1 is 0.848 bits per heavy atom. The molecule has 2 heteroatoms. The summed E-state index contributed by atoms with van der Waals surface area (Å²) in [6.07, 6.45) is 2.42. The molecule has 170 valence electrons. The standard InChI is InChI=1S/C20H19.C9H13.C2H6Si.Zr/c1-20(2)12-16-10-15-8-9-18(14-6-4-3-5-7-14)19(15)11-17(16)13-20;1-6-5-7(2)9(4)8(6)3;1-3-2;/h3-11H,12-13H2,1-2H3;5H,1-4H3;1-2H3;/q2*-1;;+2. The van der Waals surface area contributed by atoms with Crippen molar-refractivity contribution in [2.45, 2.75) is 67.5 Å². The topological polar surface area (TPSA) is 0 Å². The summed E-state index contributed by atoms with van der Waals surface area (Å²) in [6.45, 7) is 18.0. The Hall–Kier alpha value is -1.50. The molecule has 4 aromatic rings. The third kappa shape index (κ3) is 6.55. The maximum Gasteiger partial charge on any atom is -0.0632 e. The second kappa shape index (κ2) is 10.8. The summed E-state index contributed by atoms with van der Waals surface area (Å²) < 4.78 is 0. The Balaban J connectivity index is 0.000000197. The van der Waals surface area contributed by atoms with Crippen LogP contribution in [0, 0.1) is 33.1 Å². The van der Waals surface area contributed by atoms with Crippen LogP contribution in [0.3, 0.4) is 0 Å². The van der Waals surface area contributed by atoms with E-state index in [1.165, 1.54) is 57.0 Å². The molecule has 0 saturated heterocycles. The molecular formula is C31H38SiZr. The van der Waals surface area contributed by atoms with Crippen molar-refractivity contribution in [3.63, 3.8) is 0 Å². The zero-order chi connectivity index (χ0) is 24.3. The molecule has 4 aromatic carbocycles. The molecule has 0 radical (unpaired) electrons. The van der Waals surface area contributed by atoms with Gasteiger partial charge in [-0.2, -0.15) is 28.3 Å². The number of rotatable bonds is 1. The van der Waals surface area contributed by atoms with E-state index in [1.807, 2.05) is 0 Å². The van der Waals surface area contributed by atoms with Crippen molar-refractivity contribution in [3.05, 3.63) is 94.0 Å². The van der Waals surface area contributed by atoms with Crippen LogP contribution in [0.5, 0.6) is 0 Å². The van der Waals surface area contributed by atoms with Crippen molar-refractivity contribution < 1.29 is 23.3 Å². The van der Waals surface area contributed by atoms with Gasteiger partial charge in [0.2, 0.25) is 0 Å². The van der Waals surface area contributed by atoms with Crippen LogP contribution in [0.1, 0.15) is 47.2 Å². The van der Waals surface area contributed by atoms with E-state index in [0.29, 0.717) is 5.41 Å². The minimum absolute atomic E-state index is 0.210. The largest absolute Gasteiger partial charge is 0.196 e. The third-order valence-corrected chi connectivity index (χ3v) is 6.69. The van der Waals surface area contributed by atoms with Crippen LogP contribution >= 0.6 is 0 Å². The first-order valence-electron chi connectivity index (χ1n) is 12.0. The second-order valence-electron chi connectivity index (χ2n) is 10.6. The van der Waals surface area contributed by atoms with Crippen LogP contribution in [0.2, 0.25) is 13.1 Å². The normalized spacial score (nSPS) is 13.6. The molecule has 0 unspecified atom stereocenters. The molecule has 0 saturated carbocycles. The van der Waals surface area contributed by atoms with E-state index in [2.05, 4.69) is 115 Å². The van der Waals surface area contributed by atoms with Crippen LogP contribution < -0.4 is 0 Å². The number of hydrogen-bond acceptors (Lipinski definition) is 0. The Morgan fingerprint density at radius 2 is 1.36 bits per heavy atom. The molecule has 0 aromatic heterocycles. The van der Waals surface area contributed by atoms with Crippen molar-refractivity contribution in [1.29, 1.82) is 0 Å². The minimum atomic E-state index is 0.210. The van der Waals surface area contributed by atoms with Gasteiger partial charge in [0, 0.05) is 0 Å². The molecule has 0 fully saturated rings. The number of benzene rings is 2. The summed E-state index contributed by atoms with van der Waals surface area (Å²) in [5.41, 5.74) is 12.2. The van der Waals surface area contributed by atoms with Crippen LogP contribution in [-0.2, 0) is 36.2 Å². The molecule has 33 heavy (non-hydrogen) atoms. The van der Waals surface area contributed by atoms with E-state index in [0.717, 1.165) is 0 Å². The summed E-state index contributed by atoms with van der Waals surface area (Å²) in [5.74, 6) is 0. The molecule has 1 aliphatic carbocycles. The van der Waals surface area contributed by atoms with Gasteiger partial charge in [0.05, 0.1) is 0 Å². The van der Waals surface area contributed by atoms with Gasteiger partial charge < -0.3 is 0 Å². The Morgan fingerprint density at radius 3 is 1.85 bits per heavy atom. The Bertz CT molecular complexity index is 1220. The molecule has 0 amide bonds. The van der Waals surface area contributed by atoms with E-state index >= 15 is 0 Å². The summed E-state index contributed by atoms with van der Waals surface area (Å²) in [5, 5.41) is 2.80. The summed E-state index contributed by atoms with van der Waals surface area (Å²) >= 11 is 1.74. The van der Waals surface area contributed by atoms with Crippen molar-refractivity contribution in [2.75, 3.05) is 0 Å². The van der Waals surface area contributed by atoms with E-state index in [9.17, 15) is 0 Å². The van der Waals surface area contributed by atoms with Gasteiger partial charge >= 0.3 is 41.9 Å². The summed E-state index contributed by atoms with van der Waals surface area (Å²) in [6, 6.07) is 22.3. The zero-order valence-electron chi connectivity index (χ0n) is 21.7. The minimum Gasteiger partial charge on any atom is -0.196 e. The third-order valence-electron chi connectivity index (χ3n) is 6.69. The van der Waals surface area contributed by atoms with Crippen LogP contribution in [0.4, 0.5) is 0 Å². The van der Waals surface area contributed by atoms with E-state index in [-0.39, 0.29) is 5.43 Å². The average Bonchev–Trinajstić information content (AvgIpc) is 3.35. The van der Waals surface area contributed by atoms with E-state index < -0.39 is 0 Å². The fraction of sp³-hybridized carbons (Fsp3) is 0.355. The Labute approximate surface area is 216 Å². The van der Waals surface area contributed by atoms with Gasteiger partial charge in [-0.1, -0.05) is 88.6 Å². The SMILES string of the molecule is CC1(C)Cc2cc3[cH-]cc(-c4ccccc4)c3cc2C1.C[Si](C)=[Zr+2].Cc1[cH-]c(C)c(C)c1C. The molecule has 5 rings (SSSR count). The van der Waals surface area contributed by atoms with Crippen molar-refractivity contribution in [1.82, 2.24) is 0 Å². The van der Waals surface area contributed by atoms with Crippen LogP contribution in [0.25, 0.3) is 21.9 Å². The first-order valence-corrected chi connectivity index (χ1v) is 18.2. The van der Waals surface area contributed by atoms with Gasteiger partial charge in [-0.3, -0.25) is 0 Å². The number of hydrogen-bond donors (Lipinski definition) is 0. The Kier molecular flexibility index (Phi) is 8.57. The summed E-state index contributed by atoms with van der Waals surface area (Å²) in [7, 11) is 0. The first kappa shape index (κ1) is 26.1. The predicted molar refractivity (Wildman–Crippen MR) is 145 cm³/mol. The molecule has 0 bridgehead atoms. The molecule has 0 heterocycles. The van der Waals surface area contributed by atoms with Gasteiger partial charge in [0.1, 0.15) is 0 Å². The zero-order valence-corrected chi connectivity index (χ0v) is 25.1. The van der Waals surface area contributed by atoms with Gasteiger partial charge in [-0.05, 0) is 18.3 Å². The van der Waals surface area contributed by atoms with Crippen molar-refractivity contribution >= 4 is 16.2 Å². The van der Waals surface area contributed by atoms with E-state index in [4.69, 9.17) is 0 Å². The molecule has 0 aliphatic heterocycles. The van der Waals surface area contributed by atoms with Gasteiger partial charge in [-0.15, -0.1) is 40.6 Å². The van der Waals surface area contributed by atoms with Crippen molar-refractivity contribution in [2.24, 2.45) is 5.41 Å². The fourth-order valence-corrected chi connectivity index (χ4v) is 4.77. The molecule has 0 spiro atoms.